The Balaban J connectivity index is 1.70. The van der Waals surface area contributed by atoms with Crippen molar-refractivity contribution in [3.05, 3.63) is 47.5 Å². The van der Waals surface area contributed by atoms with Crippen LogP contribution < -0.4 is 19.1 Å². The van der Waals surface area contributed by atoms with Crippen LogP contribution in [-0.2, 0) is 14.3 Å². The average Bonchev–Trinajstić information content (AvgIpc) is 3.16. The fraction of sp³-hybridized carbons (Fsp3) is 0.417. The first-order valence-corrected chi connectivity index (χ1v) is 10.9. The van der Waals surface area contributed by atoms with Gasteiger partial charge in [-0.1, -0.05) is 6.42 Å². The van der Waals surface area contributed by atoms with Crippen molar-refractivity contribution in [1.29, 1.82) is 0 Å². The number of methoxy groups -OCH3 is 3. The molecule has 3 aliphatic rings. The summed E-state index contributed by atoms with van der Waals surface area (Å²) in [5.41, 5.74) is 0.950. The summed E-state index contributed by atoms with van der Waals surface area (Å²) in [4.78, 5) is 37.3. The lowest BCUT2D eigenvalue weighted by atomic mass is 9.77. The Morgan fingerprint density at radius 1 is 0.970 bits per heavy atom. The number of benzene rings is 1. The van der Waals surface area contributed by atoms with Gasteiger partial charge in [-0.15, -0.1) is 0 Å². The number of Topliss-reactive ketones (excluding diaryl/α,β-unsaturated/α-hetero) is 1. The highest BCUT2D eigenvalue weighted by molar-refractivity contribution is 6.17. The SMILES string of the molecule is COc1cc(C2C3=C(OC4CCCCC4C3=O)C(=O)N2c2ncccn2)cc(OC)c1OC. The molecule has 0 saturated heterocycles. The second kappa shape index (κ2) is 8.38. The number of amides is 1. The molecule has 1 amide bonds. The Morgan fingerprint density at radius 2 is 1.64 bits per heavy atom. The van der Waals surface area contributed by atoms with Crippen molar-refractivity contribution in [2.24, 2.45) is 5.92 Å². The Labute approximate surface area is 191 Å². The van der Waals surface area contributed by atoms with Crippen molar-refractivity contribution < 1.29 is 28.5 Å². The van der Waals surface area contributed by atoms with Gasteiger partial charge in [-0.25, -0.2) is 9.97 Å². The predicted octanol–water partition coefficient (Wildman–Crippen LogP) is 3.00. The summed E-state index contributed by atoms with van der Waals surface area (Å²) in [6, 6.07) is 4.37. The molecule has 5 rings (SSSR count). The van der Waals surface area contributed by atoms with Gasteiger partial charge in [0.05, 0.1) is 38.9 Å². The minimum atomic E-state index is -0.779. The molecule has 172 valence electrons. The van der Waals surface area contributed by atoms with Crippen molar-refractivity contribution in [3.63, 3.8) is 0 Å². The van der Waals surface area contributed by atoms with Crippen LogP contribution >= 0.6 is 0 Å². The van der Waals surface area contributed by atoms with Crippen LogP contribution in [0.3, 0.4) is 0 Å². The molecular formula is C24H25N3O6. The van der Waals surface area contributed by atoms with E-state index in [1.807, 2.05) is 0 Å². The Hall–Kier alpha value is -3.62. The molecule has 9 heteroatoms. The number of carbonyl (C=O) groups excluding carboxylic acids is 2. The van der Waals surface area contributed by atoms with Crippen LogP contribution in [0.15, 0.2) is 41.9 Å². The van der Waals surface area contributed by atoms with Gasteiger partial charge in [0.15, 0.2) is 23.0 Å². The minimum absolute atomic E-state index is 0.0496. The summed E-state index contributed by atoms with van der Waals surface area (Å²) in [7, 11) is 4.56. The third-order valence-electron chi connectivity index (χ3n) is 6.53. The van der Waals surface area contributed by atoms with Crippen molar-refractivity contribution in [2.75, 3.05) is 26.2 Å². The highest BCUT2D eigenvalue weighted by Gasteiger charge is 2.53. The molecule has 3 unspecified atom stereocenters. The predicted molar refractivity (Wildman–Crippen MR) is 117 cm³/mol. The molecule has 0 N–H and O–H groups in total. The zero-order chi connectivity index (χ0) is 23.1. The molecule has 3 heterocycles. The number of ketones is 1. The zero-order valence-corrected chi connectivity index (χ0v) is 18.7. The topological polar surface area (TPSA) is 100 Å². The number of aromatic nitrogens is 2. The summed E-state index contributed by atoms with van der Waals surface area (Å²) < 4.78 is 22.7. The van der Waals surface area contributed by atoms with Gasteiger partial charge in [0.1, 0.15) is 6.10 Å². The van der Waals surface area contributed by atoms with Crippen LogP contribution in [0.5, 0.6) is 17.2 Å². The van der Waals surface area contributed by atoms with Crippen molar-refractivity contribution in [3.8, 4) is 17.2 Å². The lowest BCUT2D eigenvalue weighted by molar-refractivity contribution is -0.131. The van der Waals surface area contributed by atoms with Gasteiger partial charge < -0.3 is 18.9 Å². The van der Waals surface area contributed by atoms with Gasteiger partial charge in [-0.05, 0) is 43.0 Å². The molecule has 2 aliphatic heterocycles. The first-order chi connectivity index (χ1) is 16.1. The van der Waals surface area contributed by atoms with E-state index in [0.29, 0.717) is 28.4 Å². The monoisotopic (exact) mass is 451 g/mol. The van der Waals surface area contributed by atoms with E-state index in [0.717, 1.165) is 25.7 Å². The number of hydrogen-bond donors (Lipinski definition) is 0. The van der Waals surface area contributed by atoms with E-state index in [2.05, 4.69) is 9.97 Å². The largest absolute Gasteiger partial charge is 0.493 e. The quantitative estimate of drug-likeness (QED) is 0.684. The number of ether oxygens (including phenoxy) is 4. The molecule has 1 saturated carbocycles. The highest BCUT2D eigenvalue weighted by atomic mass is 16.5. The van der Waals surface area contributed by atoms with E-state index in [-0.39, 0.29) is 29.5 Å². The van der Waals surface area contributed by atoms with Gasteiger partial charge in [-0.2, -0.15) is 0 Å². The van der Waals surface area contributed by atoms with Crippen molar-refractivity contribution in [2.45, 2.75) is 37.8 Å². The Bertz CT molecular complexity index is 1110. The van der Waals surface area contributed by atoms with Gasteiger partial charge in [0, 0.05) is 12.4 Å². The normalized spacial score (nSPS) is 24.2. The van der Waals surface area contributed by atoms with E-state index in [4.69, 9.17) is 18.9 Å². The van der Waals surface area contributed by atoms with Gasteiger partial charge >= 0.3 is 0 Å². The number of anilines is 1. The summed E-state index contributed by atoms with van der Waals surface area (Å²) >= 11 is 0. The van der Waals surface area contributed by atoms with Gasteiger partial charge in [0.25, 0.3) is 5.91 Å². The van der Waals surface area contributed by atoms with Crippen LogP contribution in [-0.4, -0.2) is 49.1 Å². The number of nitrogens with zero attached hydrogens (tertiary/aromatic N) is 3. The second-order valence-corrected chi connectivity index (χ2v) is 8.24. The third-order valence-corrected chi connectivity index (χ3v) is 6.53. The van der Waals surface area contributed by atoms with Crippen molar-refractivity contribution >= 4 is 17.6 Å². The summed E-state index contributed by atoms with van der Waals surface area (Å²) in [5, 5.41) is 0. The summed E-state index contributed by atoms with van der Waals surface area (Å²) in [6.45, 7) is 0. The first kappa shape index (κ1) is 21.2. The summed E-state index contributed by atoms with van der Waals surface area (Å²) in [5.74, 6) is 0.807. The maximum Gasteiger partial charge on any atom is 0.297 e. The molecule has 0 spiro atoms. The third kappa shape index (κ3) is 3.30. The van der Waals surface area contributed by atoms with Gasteiger partial charge in [-0.3, -0.25) is 14.5 Å². The standard InChI is InChI=1S/C24H25N3O6/c1-30-16-11-13(12-17(31-2)21(16)32-3)19-18-20(28)14-7-4-5-8-15(14)33-22(18)23(29)27(19)24-25-9-6-10-26-24/h6,9-12,14-15,19H,4-5,7-8H2,1-3H3. The molecule has 3 atom stereocenters. The van der Waals surface area contributed by atoms with Crippen LogP contribution in [0.2, 0.25) is 0 Å². The van der Waals surface area contributed by atoms with Crippen molar-refractivity contribution in [1.82, 2.24) is 9.97 Å². The van der Waals surface area contributed by atoms with E-state index in [1.165, 1.54) is 26.2 Å². The van der Waals surface area contributed by atoms with Gasteiger partial charge in [0.2, 0.25) is 11.7 Å². The Kier molecular flexibility index (Phi) is 5.39. The van der Waals surface area contributed by atoms with Crippen LogP contribution in [0.1, 0.15) is 37.3 Å². The molecule has 0 bridgehead atoms. The van der Waals surface area contributed by atoms with E-state index >= 15 is 0 Å². The maximum absolute atomic E-state index is 13.7. The molecule has 9 nitrogen and oxygen atoms in total. The minimum Gasteiger partial charge on any atom is -0.493 e. The van der Waals surface area contributed by atoms with Crippen LogP contribution in [0, 0.1) is 5.92 Å². The fourth-order valence-corrected chi connectivity index (χ4v) is 5.04. The fourth-order valence-electron chi connectivity index (χ4n) is 5.04. The molecule has 2 aromatic rings. The summed E-state index contributed by atoms with van der Waals surface area (Å²) in [6.07, 6.45) is 6.30. The smallest absolute Gasteiger partial charge is 0.297 e. The zero-order valence-electron chi connectivity index (χ0n) is 18.7. The lowest BCUT2D eigenvalue weighted by Gasteiger charge is -2.35. The lowest BCUT2D eigenvalue weighted by Crippen LogP contribution is -2.39. The number of rotatable bonds is 5. The molecule has 33 heavy (non-hydrogen) atoms. The molecule has 1 aromatic carbocycles. The molecule has 1 aromatic heterocycles. The second-order valence-electron chi connectivity index (χ2n) is 8.24. The maximum atomic E-state index is 13.7. The molecule has 1 aliphatic carbocycles. The molecule has 1 fully saturated rings. The number of fused-ring (bicyclic) bond motifs is 1. The first-order valence-electron chi connectivity index (χ1n) is 10.9. The average molecular weight is 451 g/mol. The number of hydrogen-bond acceptors (Lipinski definition) is 8. The number of carbonyl (C=O) groups is 2. The van der Waals surface area contributed by atoms with E-state index in [1.54, 1.807) is 30.6 Å². The van der Waals surface area contributed by atoms with E-state index < -0.39 is 11.9 Å². The molecule has 0 radical (unpaired) electrons. The van der Waals surface area contributed by atoms with Crippen LogP contribution in [0.25, 0.3) is 0 Å². The van der Waals surface area contributed by atoms with Crippen LogP contribution in [0.4, 0.5) is 5.95 Å². The Morgan fingerprint density at radius 3 is 2.27 bits per heavy atom. The highest BCUT2D eigenvalue weighted by Crippen LogP contribution is 2.50. The molecular weight excluding hydrogens is 426 g/mol. The van der Waals surface area contributed by atoms with E-state index in [9.17, 15) is 9.59 Å².